The summed E-state index contributed by atoms with van der Waals surface area (Å²) in [4.78, 5) is 9.93. The van der Waals surface area contributed by atoms with Gasteiger partial charge in [0.05, 0.1) is 19.8 Å². The number of carbonyl (C=O) groups is 1. The molecule has 0 saturated heterocycles. The number of carboxylic acid groups (broad SMARTS) is 1. The summed E-state index contributed by atoms with van der Waals surface area (Å²) in [5.74, 6) is -0.993. The summed E-state index contributed by atoms with van der Waals surface area (Å²) in [6.07, 6.45) is 0. The van der Waals surface area contributed by atoms with E-state index in [0.717, 1.165) is 0 Å². The van der Waals surface area contributed by atoms with Crippen LogP contribution in [-0.4, -0.2) is 49.3 Å². The van der Waals surface area contributed by atoms with E-state index in [4.69, 9.17) is 15.1 Å². The van der Waals surface area contributed by atoms with Crippen molar-refractivity contribution in [2.45, 2.75) is 0 Å². The van der Waals surface area contributed by atoms with Crippen LogP contribution in [0.15, 0.2) is 0 Å². The molecule has 0 atom stereocenters. The number of nitrogens with one attached hydrogen (secondary N) is 1. The standard InChI is InChI=1S/C6H13NO5/c8-6(9)5-12-4-3-11-2-1-7-10/h7,10H,1-5H2,(H,8,9). The van der Waals surface area contributed by atoms with Gasteiger partial charge < -0.3 is 19.8 Å². The zero-order valence-corrected chi connectivity index (χ0v) is 6.65. The zero-order valence-electron chi connectivity index (χ0n) is 6.65. The molecule has 0 fully saturated rings. The highest BCUT2D eigenvalue weighted by Gasteiger charge is 1.95. The van der Waals surface area contributed by atoms with E-state index in [1.807, 2.05) is 5.48 Å². The van der Waals surface area contributed by atoms with Gasteiger partial charge in [-0.2, -0.15) is 0 Å². The van der Waals surface area contributed by atoms with Gasteiger partial charge in [-0.1, -0.05) is 0 Å². The second kappa shape index (κ2) is 8.41. The Balaban J connectivity index is 2.86. The average molecular weight is 179 g/mol. The van der Waals surface area contributed by atoms with Gasteiger partial charge in [-0.05, 0) is 0 Å². The zero-order chi connectivity index (χ0) is 9.23. The lowest BCUT2D eigenvalue weighted by Crippen LogP contribution is -2.17. The van der Waals surface area contributed by atoms with Crippen LogP contribution in [0.3, 0.4) is 0 Å². The molecule has 6 nitrogen and oxygen atoms in total. The molecule has 0 bridgehead atoms. The predicted octanol–water partition coefficient (Wildman–Crippen LogP) is -0.917. The highest BCUT2D eigenvalue weighted by atomic mass is 16.5. The smallest absolute Gasteiger partial charge is 0.329 e. The maximum Gasteiger partial charge on any atom is 0.329 e. The molecule has 0 heterocycles. The van der Waals surface area contributed by atoms with Crippen LogP contribution < -0.4 is 5.48 Å². The number of aliphatic carboxylic acids is 1. The minimum atomic E-state index is -0.993. The van der Waals surface area contributed by atoms with Crippen molar-refractivity contribution in [3.05, 3.63) is 0 Å². The normalized spacial score (nSPS) is 10.1. The van der Waals surface area contributed by atoms with E-state index in [9.17, 15) is 4.79 Å². The van der Waals surface area contributed by atoms with Crippen LogP contribution >= 0.6 is 0 Å². The molecule has 0 spiro atoms. The number of rotatable bonds is 8. The average Bonchev–Trinajstić information content (AvgIpc) is 2.02. The first kappa shape index (κ1) is 11.3. The number of carboxylic acids is 1. The SMILES string of the molecule is O=C(O)COCCOCCNO. The highest BCUT2D eigenvalue weighted by molar-refractivity contribution is 5.67. The van der Waals surface area contributed by atoms with Crippen LogP contribution in [0.4, 0.5) is 0 Å². The summed E-state index contributed by atoms with van der Waals surface area (Å²) < 4.78 is 9.58. The second-order valence-electron chi connectivity index (χ2n) is 1.97. The molecule has 6 heteroatoms. The van der Waals surface area contributed by atoms with E-state index in [1.54, 1.807) is 0 Å². The Morgan fingerprint density at radius 1 is 1.25 bits per heavy atom. The van der Waals surface area contributed by atoms with Gasteiger partial charge >= 0.3 is 5.97 Å². The summed E-state index contributed by atoms with van der Waals surface area (Å²) in [5.41, 5.74) is 1.92. The fraction of sp³-hybridized carbons (Fsp3) is 0.833. The minimum absolute atomic E-state index is 0.248. The maximum atomic E-state index is 9.93. The third kappa shape index (κ3) is 9.31. The van der Waals surface area contributed by atoms with E-state index in [1.165, 1.54) is 0 Å². The molecule has 0 rings (SSSR count). The monoisotopic (exact) mass is 179 g/mol. The molecular formula is C6H13NO5. The largest absolute Gasteiger partial charge is 0.480 e. The van der Waals surface area contributed by atoms with Gasteiger partial charge in [0.2, 0.25) is 0 Å². The Morgan fingerprint density at radius 3 is 2.50 bits per heavy atom. The summed E-state index contributed by atoms with van der Waals surface area (Å²) in [6, 6.07) is 0. The van der Waals surface area contributed by atoms with Crippen molar-refractivity contribution in [1.82, 2.24) is 5.48 Å². The van der Waals surface area contributed by atoms with Gasteiger partial charge in [0.15, 0.2) is 0 Å². The lowest BCUT2D eigenvalue weighted by molar-refractivity contribution is -0.142. The van der Waals surface area contributed by atoms with Crippen LogP contribution in [0.2, 0.25) is 0 Å². The first-order valence-electron chi connectivity index (χ1n) is 3.51. The topological polar surface area (TPSA) is 88.0 Å². The Kier molecular flexibility index (Phi) is 7.92. The van der Waals surface area contributed by atoms with Gasteiger partial charge in [-0.15, -0.1) is 0 Å². The molecule has 0 aromatic carbocycles. The Bertz CT molecular complexity index is 119. The minimum Gasteiger partial charge on any atom is -0.480 e. The van der Waals surface area contributed by atoms with Crippen molar-refractivity contribution in [1.29, 1.82) is 0 Å². The lowest BCUT2D eigenvalue weighted by atomic mass is 10.7. The molecule has 3 N–H and O–H groups in total. The van der Waals surface area contributed by atoms with Crippen molar-refractivity contribution in [3.63, 3.8) is 0 Å². The van der Waals surface area contributed by atoms with Crippen molar-refractivity contribution in [3.8, 4) is 0 Å². The number of hydrogen-bond acceptors (Lipinski definition) is 5. The molecule has 72 valence electrons. The third-order valence-electron chi connectivity index (χ3n) is 0.956. The fourth-order valence-corrected chi connectivity index (χ4v) is 0.497. The molecular weight excluding hydrogens is 166 g/mol. The quantitative estimate of drug-likeness (QED) is 0.330. The van der Waals surface area contributed by atoms with E-state index >= 15 is 0 Å². The summed E-state index contributed by atoms with van der Waals surface area (Å²) >= 11 is 0. The molecule has 0 aliphatic rings. The third-order valence-corrected chi connectivity index (χ3v) is 0.956. The maximum absolute atomic E-state index is 9.93. The van der Waals surface area contributed by atoms with Gasteiger partial charge in [-0.3, -0.25) is 0 Å². The number of hydroxylamine groups is 1. The van der Waals surface area contributed by atoms with Gasteiger partial charge in [0.1, 0.15) is 6.61 Å². The van der Waals surface area contributed by atoms with Gasteiger partial charge in [-0.25, -0.2) is 10.3 Å². The van der Waals surface area contributed by atoms with Gasteiger partial charge in [0, 0.05) is 6.54 Å². The van der Waals surface area contributed by atoms with Crippen LogP contribution in [0.5, 0.6) is 0 Å². The Morgan fingerprint density at radius 2 is 1.92 bits per heavy atom. The molecule has 0 saturated carbocycles. The molecule has 12 heavy (non-hydrogen) atoms. The van der Waals surface area contributed by atoms with E-state index in [0.29, 0.717) is 19.8 Å². The molecule has 0 amide bonds. The predicted molar refractivity (Wildman–Crippen MR) is 39.1 cm³/mol. The summed E-state index contributed by atoms with van der Waals surface area (Å²) in [5, 5.41) is 16.2. The Hall–Kier alpha value is -0.690. The molecule has 0 aromatic rings. The first-order valence-corrected chi connectivity index (χ1v) is 3.51. The summed E-state index contributed by atoms with van der Waals surface area (Å²) in [6.45, 7) is 0.986. The van der Waals surface area contributed by atoms with Crippen molar-refractivity contribution < 1.29 is 24.6 Å². The van der Waals surface area contributed by atoms with Crippen LogP contribution in [-0.2, 0) is 14.3 Å². The Labute approximate surface area is 70.0 Å². The molecule has 0 aliphatic heterocycles. The molecule has 0 aromatic heterocycles. The van der Waals surface area contributed by atoms with Crippen LogP contribution in [0, 0.1) is 0 Å². The van der Waals surface area contributed by atoms with Crippen molar-refractivity contribution in [2.24, 2.45) is 0 Å². The van der Waals surface area contributed by atoms with Crippen molar-refractivity contribution >= 4 is 5.97 Å². The number of ether oxygens (including phenoxy) is 2. The van der Waals surface area contributed by atoms with E-state index < -0.39 is 5.97 Å². The first-order chi connectivity index (χ1) is 5.77. The molecule has 0 radical (unpaired) electrons. The van der Waals surface area contributed by atoms with Crippen molar-refractivity contribution in [2.75, 3.05) is 33.0 Å². The lowest BCUT2D eigenvalue weighted by Gasteiger charge is -2.02. The van der Waals surface area contributed by atoms with Gasteiger partial charge in [0.25, 0.3) is 0 Å². The molecule has 0 aliphatic carbocycles. The van der Waals surface area contributed by atoms with Crippen LogP contribution in [0.1, 0.15) is 0 Å². The van der Waals surface area contributed by atoms with Crippen LogP contribution in [0.25, 0.3) is 0 Å². The highest BCUT2D eigenvalue weighted by Crippen LogP contribution is 1.77. The van der Waals surface area contributed by atoms with E-state index in [2.05, 4.69) is 4.74 Å². The molecule has 0 unspecified atom stereocenters. The van der Waals surface area contributed by atoms with E-state index in [-0.39, 0.29) is 13.2 Å². The second-order valence-corrected chi connectivity index (χ2v) is 1.97. The fourth-order valence-electron chi connectivity index (χ4n) is 0.497. The summed E-state index contributed by atoms with van der Waals surface area (Å²) in [7, 11) is 0. The number of hydrogen-bond donors (Lipinski definition) is 3.